The highest BCUT2D eigenvalue weighted by molar-refractivity contribution is 7.07. The van der Waals surface area contributed by atoms with Crippen LogP contribution in [0.4, 0.5) is 0 Å². The third kappa shape index (κ3) is 2.49. The molecule has 1 heterocycles. The van der Waals surface area contributed by atoms with Gasteiger partial charge in [-0.3, -0.25) is 4.90 Å². The van der Waals surface area contributed by atoms with Crippen LogP contribution >= 0.6 is 11.3 Å². The Bertz CT molecular complexity index is 246. The first-order chi connectivity index (χ1) is 6.40. The van der Waals surface area contributed by atoms with E-state index in [1.54, 1.807) is 11.3 Å². The highest BCUT2D eigenvalue weighted by Gasteiger charge is 2.28. The maximum atomic E-state index is 8.88. The molecule has 0 aliphatic heterocycles. The van der Waals surface area contributed by atoms with E-state index in [9.17, 15) is 0 Å². The van der Waals surface area contributed by atoms with E-state index in [-0.39, 0.29) is 6.61 Å². The lowest BCUT2D eigenvalue weighted by Crippen LogP contribution is -2.28. The van der Waals surface area contributed by atoms with Gasteiger partial charge in [0.2, 0.25) is 0 Å². The van der Waals surface area contributed by atoms with Gasteiger partial charge < -0.3 is 5.11 Å². The minimum Gasteiger partial charge on any atom is -0.395 e. The summed E-state index contributed by atoms with van der Waals surface area (Å²) in [6.45, 7) is 1.93. The van der Waals surface area contributed by atoms with Crippen LogP contribution in [0.2, 0.25) is 0 Å². The molecule has 72 valence electrons. The van der Waals surface area contributed by atoms with Gasteiger partial charge in [0.15, 0.2) is 0 Å². The normalized spacial score (nSPS) is 16.8. The van der Waals surface area contributed by atoms with Gasteiger partial charge in [-0.25, -0.2) is 4.98 Å². The van der Waals surface area contributed by atoms with Crippen molar-refractivity contribution in [2.75, 3.05) is 13.2 Å². The summed E-state index contributed by atoms with van der Waals surface area (Å²) in [7, 11) is 0. The standard InChI is InChI=1S/C9H14N2OS/c12-4-3-11(9-1-2-9)5-8-6-13-7-10-8/h6-7,9,12H,1-5H2. The van der Waals surface area contributed by atoms with E-state index in [0.29, 0.717) is 6.04 Å². The maximum absolute atomic E-state index is 8.88. The number of thiazole rings is 1. The number of nitrogens with zero attached hydrogens (tertiary/aromatic N) is 2. The number of aliphatic hydroxyl groups is 1. The quantitative estimate of drug-likeness (QED) is 0.769. The summed E-state index contributed by atoms with van der Waals surface area (Å²) in [5.74, 6) is 0. The van der Waals surface area contributed by atoms with E-state index in [2.05, 4.69) is 15.3 Å². The van der Waals surface area contributed by atoms with Gasteiger partial charge in [-0.2, -0.15) is 0 Å². The fourth-order valence-corrected chi connectivity index (χ4v) is 2.03. The van der Waals surface area contributed by atoms with E-state index in [0.717, 1.165) is 18.8 Å². The van der Waals surface area contributed by atoms with Gasteiger partial charge in [0.05, 0.1) is 17.8 Å². The molecule has 2 rings (SSSR count). The molecule has 1 aliphatic carbocycles. The summed E-state index contributed by atoms with van der Waals surface area (Å²) in [5.41, 5.74) is 2.99. The average molecular weight is 198 g/mol. The van der Waals surface area contributed by atoms with Crippen LogP contribution in [0.15, 0.2) is 10.9 Å². The molecule has 1 aliphatic rings. The van der Waals surface area contributed by atoms with Gasteiger partial charge in [-0.15, -0.1) is 11.3 Å². The molecule has 0 unspecified atom stereocenters. The third-order valence-corrected chi connectivity index (χ3v) is 2.93. The van der Waals surface area contributed by atoms with Crippen molar-refractivity contribution < 1.29 is 5.11 Å². The second kappa shape index (κ2) is 4.17. The zero-order valence-corrected chi connectivity index (χ0v) is 8.33. The largest absolute Gasteiger partial charge is 0.395 e. The zero-order chi connectivity index (χ0) is 9.10. The zero-order valence-electron chi connectivity index (χ0n) is 7.52. The molecule has 0 atom stereocenters. The summed E-state index contributed by atoms with van der Waals surface area (Å²) >= 11 is 1.63. The van der Waals surface area contributed by atoms with Crippen molar-refractivity contribution in [3.8, 4) is 0 Å². The van der Waals surface area contributed by atoms with Gasteiger partial charge in [0.1, 0.15) is 0 Å². The molecule has 1 saturated carbocycles. The predicted octanol–water partition coefficient (Wildman–Crippen LogP) is 1.10. The Balaban J connectivity index is 1.89. The van der Waals surface area contributed by atoms with Crippen LogP contribution in [0.25, 0.3) is 0 Å². The topological polar surface area (TPSA) is 36.4 Å². The number of hydrogen-bond donors (Lipinski definition) is 1. The van der Waals surface area contributed by atoms with Crippen molar-refractivity contribution in [1.82, 2.24) is 9.88 Å². The Morgan fingerprint density at radius 1 is 1.62 bits per heavy atom. The van der Waals surface area contributed by atoms with E-state index in [1.807, 2.05) is 5.51 Å². The molecule has 1 N–H and O–H groups in total. The fraction of sp³-hybridized carbons (Fsp3) is 0.667. The first-order valence-electron chi connectivity index (χ1n) is 4.62. The highest BCUT2D eigenvalue weighted by Crippen LogP contribution is 2.27. The summed E-state index contributed by atoms with van der Waals surface area (Å²) in [6, 6.07) is 0.703. The van der Waals surface area contributed by atoms with Gasteiger partial charge in [-0.05, 0) is 12.8 Å². The van der Waals surface area contributed by atoms with Crippen molar-refractivity contribution >= 4 is 11.3 Å². The molecule has 0 bridgehead atoms. The lowest BCUT2D eigenvalue weighted by molar-refractivity contribution is 0.182. The van der Waals surface area contributed by atoms with Crippen molar-refractivity contribution in [3.63, 3.8) is 0 Å². The minimum atomic E-state index is 0.251. The second-order valence-electron chi connectivity index (χ2n) is 3.41. The minimum absolute atomic E-state index is 0.251. The van der Waals surface area contributed by atoms with Crippen LogP contribution in [0, 0.1) is 0 Å². The summed E-state index contributed by atoms with van der Waals surface area (Å²) in [4.78, 5) is 6.56. The Kier molecular flexibility index (Phi) is 2.93. The highest BCUT2D eigenvalue weighted by atomic mass is 32.1. The van der Waals surface area contributed by atoms with E-state index >= 15 is 0 Å². The molecule has 13 heavy (non-hydrogen) atoms. The Morgan fingerprint density at radius 2 is 2.46 bits per heavy atom. The molecule has 1 aromatic rings. The number of aromatic nitrogens is 1. The van der Waals surface area contributed by atoms with Gasteiger partial charge >= 0.3 is 0 Å². The molecule has 1 fully saturated rings. The smallest absolute Gasteiger partial charge is 0.0795 e. The lowest BCUT2D eigenvalue weighted by Gasteiger charge is -2.19. The van der Waals surface area contributed by atoms with Crippen LogP contribution < -0.4 is 0 Å². The fourth-order valence-electron chi connectivity index (χ4n) is 1.48. The Morgan fingerprint density at radius 3 is 3.00 bits per heavy atom. The molecule has 0 saturated heterocycles. The summed E-state index contributed by atoms with van der Waals surface area (Å²) in [5, 5.41) is 11.0. The molecule has 0 amide bonds. The van der Waals surface area contributed by atoms with Crippen LogP contribution in [0.3, 0.4) is 0 Å². The molecule has 1 aromatic heterocycles. The Hall–Kier alpha value is -0.450. The average Bonchev–Trinajstić information content (AvgIpc) is 2.85. The van der Waals surface area contributed by atoms with Crippen molar-refractivity contribution in [3.05, 3.63) is 16.6 Å². The first-order valence-corrected chi connectivity index (χ1v) is 5.56. The second-order valence-corrected chi connectivity index (χ2v) is 4.12. The van der Waals surface area contributed by atoms with E-state index in [4.69, 9.17) is 5.11 Å². The van der Waals surface area contributed by atoms with Crippen molar-refractivity contribution in [1.29, 1.82) is 0 Å². The molecule has 0 spiro atoms. The van der Waals surface area contributed by atoms with Crippen molar-refractivity contribution in [2.45, 2.75) is 25.4 Å². The van der Waals surface area contributed by atoms with Gasteiger partial charge in [0, 0.05) is 24.5 Å². The molecular formula is C9H14N2OS. The Labute approximate surface area is 82.0 Å². The van der Waals surface area contributed by atoms with Crippen LogP contribution in [0.1, 0.15) is 18.5 Å². The predicted molar refractivity (Wildman–Crippen MR) is 52.6 cm³/mol. The SMILES string of the molecule is OCCN(Cc1cscn1)C1CC1. The molecule has 0 aromatic carbocycles. The van der Waals surface area contributed by atoms with Gasteiger partial charge in [0.25, 0.3) is 0 Å². The van der Waals surface area contributed by atoms with Crippen LogP contribution in [0.5, 0.6) is 0 Å². The number of aliphatic hydroxyl groups excluding tert-OH is 1. The number of hydrogen-bond acceptors (Lipinski definition) is 4. The molecule has 3 nitrogen and oxygen atoms in total. The first kappa shape index (κ1) is 9.12. The molecule has 4 heteroatoms. The van der Waals surface area contributed by atoms with E-state index in [1.165, 1.54) is 12.8 Å². The summed E-state index contributed by atoms with van der Waals surface area (Å²) < 4.78 is 0. The summed E-state index contributed by atoms with van der Waals surface area (Å²) in [6.07, 6.45) is 2.56. The monoisotopic (exact) mass is 198 g/mol. The van der Waals surface area contributed by atoms with E-state index < -0.39 is 0 Å². The maximum Gasteiger partial charge on any atom is 0.0795 e. The van der Waals surface area contributed by atoms with Gasteiger partial charge in [-0.1, -0.05) is 0 Å². The van der Waals surface area contributed by atoms with Crippen LogP contribution in [-0.2, 0) is 6.54 Å². The lowest BCUT2D eigenvalue weighted by atomic mass is 10.4. The third-order valence-electron chi connectivity index (χ3n) is 2.30. The van der Waals surface area contributed by atoms with Crippen LogP contribution in [-0.4, -0.2) is 34.2 Å². The van der Waals surface area contributed by atoms with Crippen molar-refractivity contribution in [2.24, 2.45) is 0 Å². The molecule has 0 radical (unpaired) electrons. The number of rotatable bonds is 5. The molecular weight excluding hydrogens is 184 g/mol.